The van der Waals surface area contributed by atoms with Gasteiger partial charge in [-0.1, -0.05) is 334 Å². The first kappa shape index (κ1) is 96.0. The fraction of sp³-hybridized carbons (Fsp3) is 0.944. The molecule has 0 atom stereocenters. The second-order valence-electron chi connectivity index (χ2n) is 24.6. The van der Waals surface area contributed by atoms with E-state index in [2.05, 4.69) is 0 Å². The molecule has 0 rings (SSSR count). The number of unbranched alkanes of at least 4 members (excludes halogenated alkanes) is 56. The molecule has 0 fully saturated rings. The predicted molar refractivity (Wildman–Crippen MR) is 350 cm³/mol. The van der Waals surface area contributed by atoms with E-state index in [9.17, 15) is 39.6 Å². The fourth-order valence-electron chi connectivity index (χ4n) is 10.7. The smallest absolute Gasteiger partial charge is 0.550 e. The Morgan fingerprint density at radius 3 is 0.302 bits per heavy atom. The van der Waals surface area contributed by atoms with Gasteiger partial charge in [0.15, 0.2) is 0 Å². The third kappa shape index (κ3) is 111. The molecular formula is C72H140AlLiO12. The number of aliphatic carboxylic acids is 4. The third-order valence-corrected chi connectivity index (χ3v) is 16.2. The van der Waals surface area contributed by atoms with E-state index < -0.39 is 23.9 Å². The van der Waals surface area contributed by atoms with Crippen molar-refractivity contribution >= 4 is 41.2 Å². The normalized spacial score (nSPS) is 10.7. The molecule has 14 heteroatoms. The van der Waals surface area contributed by atoms with Crippen LogP contribution in [0.4, 0.5) is 0 Å². The van der Waals surface area contributed by atoms with Crippen LogP contribution < -0.4 is 39.3 Å². The largest absolute Gasteiger partial charge is 3.00 e. The molecule has 0 amide bonds. The van der Waals surface area contributed by atoms with Gasteiger partial charge in [0.05, 0.1) is 0 Å². The Morgan fingerprint density at radius 2 is 0.233 bits per heavy atom. The number of hydrogen-bond acceptors (Lipinski definition) is 12. The summed E-state index contributed by atoms with van der Waals surface area (Å²) < 4.78 is 0. The van der Waals surface area contributed by atoms with Gasteiger partial charge in [-0.3, -0.25) is 0 Å². The quantitative estimate of drug-likeness (QED) is 0.0328. The van der Waals surface area contributed by atoms with Gasteiger partial charge in [-0.25, -0.2) is 0 Å². The minimum Gasteiger partial charge on any atom is -0.550 e. The zero-order valence-electron chi connectivity index (χ0n) is 56.7. The van der Waals surface area contributed by atoms with Crippen molar-refractivity contribution in [3.8, 4) is 0 Å². The van der Waals surface area contributed by atoms with E-state index in [-0.39, 0.29) is 61.9 Å². The molecule has 504 valence electrons. The van der Waals surface area contributed by atoms with Crippen LogP contribution in [-0.4, -0.2) is 88.1 Å². The summed E-state index contributed by atoms with van der Waals surface area (Å²) >= 11 is 0. The molecular weight excluding hydrogens is 1090 g/mol. The monoisotopic (exact) mass is 1230 g/mol. The summed E-state index contributed by atoms with van der Waals surface area (Å²) in [7, 11) is 0. The van der Waals surface area contributed by atoms with Gasteiger partial charge in [0.1, 0.15) is 0 Å². The van der Waals surface area contributed by atoms with Gasteiger partial charge in [0.25, 0.3) is 0 Å². The van der Waals surface area contributed by atoms with E-state index in [1.807, 2.05) is 0 Å². The van der Waals surface area contributed by atoms with Crippen LogP contribution in [-0.2, 0) is 19.2 Å². The van der Waals surface area contributed by atoms with E-state index in [4.69, 9.17) is 20.4 Å². The Labute approximate surface area is 554 Å². The Kier molecular flexibility index (Phi) is 103. The zero-order chi connectivity index (χ0) is 62.4. The number of rotatable bonds is 68. The number of carboxylic acid groups (broad SMARTS) is 4. The van der Waals surface area contributed by atoms with E-state index in [1.165, 1.54) is 308 Å². The van der Waals surface area contributed by atoms with Crippen LogP contribution in [0.1, 0.15) is 411 Å². The standard InChI is InChI=1S/4C18H36O3.Al.Li/c4*19-17-15-13-11-9-7-5-3-1-2-4-6-8-10-12-14-16-18(20)21;;/h4*19H,1-17H2,(H,20,21);;/q;;;;+3;+1/p-4. The summed E-state index contributed by atoms with van der Waals surface area (Å²) in [5, 5.41) is 75.6. The molecule has 4 N–H and O–H groups in total. The number of aliphatic hydroxyl groups excluding tert-OH is 4. The molecule has 0 aromatic rings. The van der Waals surface area contributed by atoms with Gasteiger partial charge in [-0.2, -0.15) is 0 Å². The SMILES string of the molecule is O=C([O-])CCCCCCCCCCCCCCCCCO.O=C([O-])CCCCCCCCCCCCCCCCCO.O=C([O-])CCCCCCCCCCCCCCCCCO.O=C([O-])CCCCCCCCCCCCCCCCCO.[Al+3].[Li+]. The molecule has 86 heavy (non-hydrogen) atoms. The van der Waals surface area contributed by atoms with Crippen LogP contribution >= 0.6 is 0 Å². The minimum atomic E-state index is -0.914. The van der Waals surface area contributed by atoms with Crippen LogP contribution in [0.5, 0.6) is 0 Å². The zero-order valence-corrected chi connectivity index (χ0v) is 57.9. The van der Waals surface area contributed by atoms with Gasteiger partial charge in [0, 0.05) is 50.3 Å². The maximum Gasteiger partial charge on any atom is 3.00 e. The number of aliphatic hydroxyl groups is 4. The first-order valence-corrected chi connectivity index (χ1v) is 36.3. The topological polar surface area (TPSA) is 241 Å². The average molecular weight is 1230 g/mol. The Bertz CT molecular complexity index is 1070. The number of carbonyl (C=O) groups excluding carboxylic acids is 4. The Morgan fingerprint density at radius 1 is 0.163 bits per heavy atom. The van der Waals surface area contributed by atoms with Gasteiger partial charge in [0.2, 0.25) is 0 Å². The van der Waals surface area contributed by atoms with E-state index >= 15 is 0 Å². The minimum absolute atomic E-state index is 0. The van der Waals surface area contributed by atoms with E-state index in [0.717, 1.165) is 77.0 Å². The van der Waals surface area contributed by atoms with E-state index in [0.29, 0.717) is 26.4 Å². The number of hydrogen-bond donors (Lipinski definition) is 4. The van der Waals surface area contributed by atoms with Crippen molar-refractivity contribution in [3.05, 3.63) is 0 Å². The summed E-state index contributed by atoms with van der Waals surface area (Å²) in [6.45, 7) is 1.38. The maximum absolute atomic E-state index is 10.2. The summed E-state index contributed by atoms with van der Waals surface area (Å²) in [4.78, 5) is 40.9. The molecule has 0 aromatic heterocycles. The maximum atomic E-state index is 10.2. The average Bonchev–Trinajstić information content (AvgIpc) is 3.47. The first-order chi connectivity index (χ1) is 41.1. The Balaban J connectivity index is -0.000000246. The third-order valence-electron chi connectivity index (χ3n) is 16.2. The molecule has 12 nitrogen and oxygen atoms in total. The molecule has 0 heterocycles. The number of carboxylic acids is 4. The summed E-state index contributed by atoms with van der Waals surface area (Å²) in [5.41, 5.74) is 0. The van der Waals surface area contributed by atoms with Gasteiger partial charge in [-0.15, -0.1) is 0 Å². The van der Waals surface area contributed by atoms with Crippen molar-refractivity contribution in [1.29, 1.82) is 0 Å². The van der Waals surface area contributed by atoms with Crippen molar-refractivity contribution in [2.75, 3.05) is 26.4 Å². The van der Waals surface area contributed by atoms with Crippen molar-refractivity contribution in [2.45, 2.75) is 411 Å². The molecule has 0 spiro atoms. The van der Waals surface area contributed by atoms with Crippen LogP contribution in [0.15, 0.2) is 0 Å². The van der Waals surface area contributed by atoms with Crippen molar-refractivity contribution < 1.29 is 78.9 Å². The van der Waals surface area contributed by atoms with Gasteiger partial charge in [-0.05, 0) is 77.0 Å². The molecule has 0 aromatic carbocycles. The predicted octanol–water partition coefficient (Wildman–Crippen LogP) is 12.5. The van der Waals surface area contributed by atoms with Crippen LogP contribution in [0.3, 0.4) is 0 Å². The van der Waals surface area contributed by atoms with Crippen LogP contribution in [0.2, 0.25) is 0 Å². The second kappa shape index (κ2) is 92.6. The summed E-state index contributed by atoms with van der Waals surface area (Å²) in [6, 6.07) is 0. The van der Waals surface area contributed by atoms with Crippen LogP contribution in [0.25, 0.3) is 0 Å². The Hall–Kier alpha value is -1.15. The summed E-state index contributed by atoms with van der Waals surface area (Å²) in [5.74, 6) is -3.65. The molecule has 0 saturated heterocycles. The fourth-order valence-corrected chi connectivity index (χ4v) is 10.7. The van der Waals surface area contributed by atoms with E-state index in [1.54, 1.807) is 0 Å². The molecule has 0 aliphatic rings. The van der Waals surface area contributed by atoms with Crippen molar-refractivity contribution in [1.82, 2.24) is 0 Å². The van der Waals surface area contributed by atoms with Crippen molar-refractivity contribution in [2.24, 2.45) is 0 Å². The second-order valence-corrected chi connectivity index (χ2v) is 24.6. The first-order valence-electron chi connectivity index (χ1n) is 36.3. The molecule has 0 saturated carbocycles. The van der Waals surface area contributed by atoms with Crippen LogP contribution in [0, 0.1) is 0 Å². The van der Waals surface area contributed by atoms with Gasteiger partial charge < -0.3 is 60.0 Å². The molecule has 0 aliphatic heterocycles. The van der Waals surface area contributed by atoms with Gasteiger partial charge >= 0.3 is 36.2 Å². The van der Waals surface area contributed by atoms with Crippen molar-refractivity contribution in [3.63, 3.8) is 0 Å². The summed E-state index contributed by atoms with van der Waals surface area (Å²) in [6.07, 6.45) is 74.5. The molecule has 0 bridgehead atoms. The molecule has 0 radical (unpaired) electrons. The number of carbonyl (C=O) groups is 4. The molecule has 0 unspecified atom stereocenters. The molecule has 0 aliphatic carbocycles.